The molecule has 0 aliphatic heterocycles. The fourth-order valence-electron chi connectivity index (χ4n) is 1.11. The molecule has 88 valence electrons. The van der Waals surface area contributed by atoms with Gasteiger partial charge >= 0.3 is 0 Å². The van der Waals surface area contributed by atoms with Crippen LogP contribution in [0.4, 0.5) is 0 Å². The molecule has 6 heteroatoms. The Kier molecular flexibility index (Phi) is 4.37. The van der Waals surface area contributed by atoms with E-state index in [1.54, 1.807) is 24.3 Å². The second-order valence-corrected chi connectivity index (χ2v) is 6.14. The number of hydrogen-bond acceptors (Lipinski definition) is 4. The lowest BCUT2D eigenvalue weighted by Gasteiger charge is -2.06. The van der Waals surface area contributed by atoms with Gasteiger partial charge in [-0.3, -0.25) is 4.79 Å². The maximum Gasteiger partial charge on any atom is 0.252 e. The van der Waals surface area contributed by atoms with Gasteiger partial charge in [-0.25, -0.2) is 8.42 Å². The van der Waals surface area contributed by atoms with Gasteiger partial charge in [0.15, 0.2) is 0 Å². The second kappa shape index (κ2) is 5.36. The molecule has 0 saturated heterocycles. The first kappa shape index (κ1) is 13.1. The van der Waals surface area contributed by atoms with E-state index < -0.39 is 9.84 Å². The van der Waals surface area contributed by atoms with Gasteiger partial charge in [0, 0.05) is 17.7 Å². The normalized spacial score (nSPS) is 11.1. The Morgan fingerprint density at radius 1 is 1.38 bits per heavy atom. The van der Waals surface area contributed by atoms with E-state index in [-0.39, 0.29) is 18.2 Å². The molecule has 1 aromatic rings. The molecule has 0 heterocycles. The number of amides is 1. The minimum Gasteiger partial charge on any atom is -0.351 e. The van der Waals surface area contributed by atoms with Crippen molar-refractivity contribution in [1.29, 1.82) is 0 Å². The van der Waals surface area contributed by atoms with Crippen LogP contribution >= 0.6 is 12.6 Å². The summed E-state index contributed by atoms with van der Waals surface area (Å²) in [5, 5.41) is 2.53. The van der Waals surface area contributed by atoms with E-state index in [1.807, 2.05) is 0 Å². The topological polar surface area (TPSA) is 63.2 Å². The quantitative estimate of drug-likeness (QED) is 0.784. The molecule has 16 heavy (non-hydrogen) atoms. The Hall–Kier alpha value is -1.01. The van der Waals surface area contributed by atoms with Gasteiger partial charge in [0.25, 0.3) is 5.91 Å². The van der Waals surface area contributed by atoms with Crippen LogP contribution in [0, 0.1) is 0 Å². The molecule has 0 fully saturated rings. The van der Waals surface area contributed by atoms with Crippen LogP contribution in [-0.2, 0) is 9.84 Å². The minimum atomic E-state index is -3.05. The zero-order valence-electron chi connectivity index (χ0n) is 8.80. The Morgan fingerprint density at radius 3 is 2.56 bits per heavy atom. The summed E-state index contributed by atoms with van der Waals surface area (Å²) in [6.07, 6.45) is 1.13. The molecule has 0 aliphatic carbocycles. The van der Waals surface area contributed by atoms with Crippen molar-refractivity contribution < 1.29 is 13.2 Å². The Bertz CT molecular complexity index is 483. The van der Waals surface area contributed by atoms with E-state index in [9.17, 15) is 13.2 Å². The van der Waals surface area contributed by atoms with Gasteiger partial charge in [-0.05, 0) is 12.1 Å². The summed E-state index contributed by atoms with van der Waals surface area (Å²) in [6, 6.07) is 6.84. The number of rotatable bonds is 4. The average molecular weight is 259 g/mol. The highest BCUT2D eigenvalue weighted by Crippen LogP contribution is 2.12. The number of carbonyl (C=O) groups excluding carboxylic acids is 1. The lowest BCUT2D eigenvalue weighted by molar-refractivity contribution is 0.0953. The minimum absolute atomic E-state index is 0.0620. The summed E-state index contributed by atoms with van der Waals surface area (Å²) in [5.74, 6) is -0.373. The van der Waals surface area contributed by atoms with E-state index in [2.05, 4.69) is 17.9 Å². The molecule has 0 radical (unpaired) electrons. The Labute approximate surface area is 100 Å². The molecule has 0 saturated carbocycles. The first-order valence-electron chi connectivity index (χ1n) is 4.64. The predicted octanol–water partition coefficient (Wildman–Crippen LogP) is 0.750. The van der Waals surface area contributed by atoms with E-state index in [4.69, 9.17) is 0 Å². The Morgan fingerprint density at radius 2 is 2.00 bits per heavy atom. The van der Waals surface area contributed by atoms with Gasteiger partial charge in [0.2, 0.25) is 0 Å². The van der Waals surface area contributed by atoms with Gasteiger partial charge in [-0.2, -0.15) is 0 Å². The van der Waals surface area contributed by atoms with Crippen LogP contribution in [0.3, 0.4) is 0 Å². The summed E-state index contributed by atoms with van der Waals surface area (Å²) in [5.41, 5.74) is 0.444. The summed E-state index contributed by atoms with van der Waals surface area (Å²) in [7, 11) is -3.05. The molecule has 0 unspecified atom stereocenters. The van der Waals surface area contributed by atoms with Crippen LogP contribution < -0.4 is 5.32 Å². The fraction of sp³-hybridized carbons (Fsp3) is 0.300. The molecule has 0 bridgehead atoms. The lowest BCUT2D eigenvalue weighted by Crippen LogP contribution is -2.29. The summed E-state index contributed by atoms with van der Waals surface area (Å²) in [4.78, 5) is 12.2. The van der Waals surface area contributed by atoms with Crippen LogP contribution in [0.25, 0.3) is 0 Å². The van der Waals surface area contributed by atoms with Crippen molar-refractivity contribution in [1.82, 2.24) is 5.32 Å². The molecule has 1 aromatic carbocycles. The van der Waals surface area contributed by atoms with Crippen LogP contribution in [0.5, 0.6) is 0 Å². The van der Waals surface area contributed by atoms with Gasteiger partial charge in [-0.1, -0.05) is 12.1 Å². The lowest BCUT2D eigenvalue weighted by atomic mass is 10.2. The maximum atomic E-state index is 11.6. The molecule has 4 nitrogen and oxygen atoms in total. The van der Waals surface area contributed by atoms with Crippen molar-refractivity contribution in [2.24, 2.45) is 0 Å². The molecule has 1 N–H and O–H groups in total. The summed E-state index contributed by atoms with van der Waals surface area (Å²) < 4.78 is 21.7. The van der Waals surface area contributed by atoms with Crippen molar-refractivity contribution >= 4 is 28.4 Å². The fourth-order valence-corrected chi connectivity index (χ4v) is 1.85. The van der Waals surface area contributed by atoms with Crippen molar-refractivity contribution in [3.05, 3.63) is 29.8 Å². The van der Waals surface area contributed by atoms with Crippen molar-refractivity contribution in [3.63, 3.8) is 0 Å². The molecule has 0 aliphatic rings. The van der Waals surface area contributed by atoms with Gasteiger partial charge < -0.3 is 5.32 Å². The highest BCUT2D eigenvalue weighted by molar-refractivity contribution is 7.90. The third-order valence-electron chi connectivity index (χ3n) is 1.91. The number of thiol groups is 1. The Balaban J connectivity index is 2.57. The van der Waals surface area contributed by atoms with Crippen LogP contribution in [0.1, 0.15) is 10.4 Å². The molecule has 1 rings (SSSR count). The number of hydrogen-bond donors (Lipinski definition) is 2. The third kappa shape index (κ3) is 4.24. The number of nitrogens with one attached hydrogen (secondary N) is 1. The van der Waals surface area contributed by atoms with E-state index >= 15 is 0 Å². The monoisotopic (exact) mass is 259 g/mol. The van der Waals surface area contributed by atoms with Crippen LogP contribution in [0.2, 0.25) is 0 Å². The molecular formula is C10H13NO3S2. The average Bonchev–Trinajstić information content (AvgIpc) is 2.16. The van der Waals surface area contributed by atoms with Crippen LogP contribution in [0.15, 0.2) is 29.2 Å². The highest BCUT2D eigenvalue weighted by Gasteiger charge is 2.09. The summed E-state index contributed by atoms with van der Waals surface area (Å²) >= 11 is 4.14. The van der Waals surface area contributed by atoms with Crippen molar-refractivity contribution in [2.75, 3.05) is 18.6 Å². The first-order valence-corrected chi connectivity index (χ1v) is 7.15. The standard InChI is InChI=1S/C10H13NO3S2/c1-16(13,14)7-6-11-10(12)8-4-2-3-5-9(8)15/h2-5,15H,6-7H2,1H3,(H,11,12). The number of carbonyl (C=O) groups is 1. The molecule has 0 atom stereocenters. The second-order valence-electron chi connectivity index (χ2n) is 3.40. The van der Waals surface area contributed by atoms with Gasteiger partial charge in [-0.15, -0.1) is 12.6 Å². The van der Waals surface area contributed by atoms with Crippen molar-refractivity contribution in [2.45, 2.75) is 4.90 Å². The third-order valence-corrected chi connectivity index (χ3v) is 3.24. The zero-order valence-corrected chi connectivity index (χ0v) is 10.5. The zero-order chi connectivity index (χ0) is 12.2. The van der Waals surface area contributed by atoms with Gasteiger partial charge in [0.1, 0.15) is 9.84 Å². The largest absolute Gasteiger partial charge is 0.351 e. The molecule has 1 amide bonds. The maximum absolute atomic E-state index is 11.6. The van der Waals surface area contributed by atoms with Crippen LogP contribution in [-0.4, -0.2) is 32.9 Å². The molecule has 0 spiro atoms. The number of benzene rings is 1. The first-order chi connectivity index (χ1) is 7.40. The molecular weight excluding hydrogens is 246 g/mol. The highest BCUT2D eigenvalue weighted by atomic mass is 32.2. The van der Waals surface area contributed by atoms with Crippen molar-refractivity contribution in [3.8, 4) is 0 Å². The number of sulfone groups is 1. The molecule has 0 aromatic heterocycles. The predicted molar refractivity (Wildman–Crippen MR) is 65.7 cm³/mol. The summed E-state index contributed by atoms with van der Waals surface area (Å²) in [6.45, 7) is 0.111. The SMILES string of the molecule is CS(=O)(=O)CCNC(=O)c1ccccc1S. The van der Waals surface area contributed by atoms with E-state index in [0.29, 0.717) is 10.5 Å². The van der Waals surface area contributed by atoms with E-state index in [1.165, 1.54) is 0 Å². The van der Waals surface area contributed by atoms with E-state index in [0.717, 1.165) is 6.26 Å². The van der Waals surface area contributed by atoms with Gasteiger partial charge in [0.05, 0.1) is 11.3 Å². The smallest absolute Gasteiger partial charge is 0.252 e.